The second-order valence-electron chi connectivity index (χ2n) is 5.54. The van der Waals surface area contributed by atoms with E-state index >= 15 is 0 Å². The Labute approximate surface area is 126 Å². The minimum Gasteiger partial charge on any atom is -0.352 e. The number of aromatic nitrogens is 2. The number of carbonyl (C=O) groups is 1. The SMILES string of the molecule is CCc1c(C(=O)NCCC(C)C)cnn1-c1ccccc1. The van der Waals surface area contributed by atoms with Gasteiger partial charge in [-0.05, 0) is 30.9 Å². The van der Waals surface area contributed by atoms with Crippen LogP contribution in [0.1, 0.15) is 43.2 Å². The first kappa shape index (κ1) is 15.3. The van der Waals surface area contributed by atoms with Crippen molar-refractivity contribution in [1.29, 1.82) is 0 Å². The molecule has 0 aliphatic carbocycles. The highest BCUT2D eigenvalue weighted by molar-refractivity contribution is 5.95. The highest BCUT2D eigenvalue weighted by Crippen LogP contribution is 2.15. The molecule has 0 saturated carbocycles. The van der Waals surface area contributed by atoms with Crippen LogP contribution in [0, 0.1) is 5.92 Å². The Hall–Kier alpha value is -2.10. The maximum Gasteiger partial charge on any atom is 0.254 e. The molecule has 1 heterocycles. The normalized spacial score (nSPS) is 10.9. The monoisotopic (exact) mass is 285 g/mol. The molecule has 0 bridgehead atoms. The second kappa shape index (κ2) is 7.07. The fourth-order valence-electron chi connectivity index (χ4n) is 2.26. The molecule has 0 spiro atoms. The van der Waals surface area contributed by atoms with Crippen LogP contribution in [0.25, 0.3) is 5.69 Å². The summed E-state index contributed by atoms with van der Waals surface area (Å²) in [5.41, 5.74) is 2.60. The molecule has 0 atom stereocenters. The molecule has 0 radical (unpaired) electrons. The van der Waals surface area contributed by atoms with Crippen LogP contribution >= 0.6 is 0 Å². The van der Waals surface area contributed by atoms with Gasteiger partial charge in [-0.3, -0.25) is 4.79 Å². The number of nitrogens with zero attached hydrogens (tertiary/aromatic N) is 2. The lowest BCUT2D eigenvalue weighted by Gasteiger charge is -2.09. The van der Waals surface area contributed by atoms with Crippen molar-refractivity contribution in [2.75, 3.05) is 6.54 Å². The Morgan fingerprint density at radius 1 is 1.29 bits per heavy atom. The summed E-state index contributed by atoms with van der Waals surface area (Å²) in [5.74, 6) is 0.553. The van der Waals surface area contributed by atoms with Gasteiger partial charge in [0.05, 0.1) is 23.1 Å². The highest BCUT2D eigenvalue weighted by atomic mass is 16.1. The van der Waals surface area contributed by atoms with Crippen LogP contribution in [-0.2, 0) is 6.42 Å². The smallest absolute Gasteiger partial charge is 0.254 e. The number of rotatable bonds is 6. The van der Waals surface area contributed by atoms with E-state index in [4.69, 9.17) is 0 Å². The molecule has 2 rings (SSSR count). The number of benzene rings is 1. The van der Waals surface area contributed by atoms with Crippen LogP contribution in [0.15, 0.2) is 36.5 Å². The third kappa shape index (κ3) is 3.72. The number of hydrogen-bond acceptors (Lipinski definition) is 2. The molecule has 4 heteroatoms. The zero-order valence-electron chi connectivity index (χ0n) is 13.0. The van der Waals surface area contributed by atoms with Gasteiger partial charge in [0, 0.05) is 6.54 Å². The fourth-order valence-corrected chi connectivity index (χ4v) is 2.26. The molecule has 1 N–H and O–H groups in total. The minimum absolute atomic E-state index is 0.0327. The molecular formula is C17H23N3O. The first-order valence-corrected chi connectivity index (χ1v) is 7.54. The van der Waals surface area contributed by atoms with Crippen molar-refractivity contribution in [2.24, 2.45) is 5.92 Å². The van der Waals surface area contributed by atoms with E-state index in [0.29, 0.717) is 18.0 Å². The molecule has 4 nitrogen and oxygen atoms in total. The average molecular weight is 285 g/mol. The van der Waals surface area contributed by atoms with E-state index in [-0.39, 0.29) is 5.91 Å². The van der Waals surface area contributed by atoms with Gasteiger partial charge in [0.25, 0.3) is 5.91 Å². The molecule has 1 amide bonds. The van der Waals surface area contributed by atoms with Gasteiger partial charge in [0.15, 0.2) is 0 Å². The molecule has 0 unspecified atom stereocenters. The predicted molar refractivity (Wildman–Crippen MR) is 84.7 cm³/mol. The van der Waals surface area contributed by atoms with E-state index < -0.39 is 0 Å². The van der Waals surface area contributed by atoms with Crippen molar-refractivity contribution >= 4 is 5.91 Å². The van der Waals surface area contributed by atoms with Crippen molar-refractivity contribution < 1.29 is 4.79 Å². The standard InChI is InChI=1S/C17H23N3O/c1-4-16-15(17(21)18-11-10-13(2)3)12-19-20(16)14-8-6-5-7-9-14/h5-9,12-13H,4,10-11H2,1-3H3,(H,18,21). The van der Waals surface area contributed by atoms with Crippen LogP contribution < -0.4 is 5.32 Å². The summed E-state index contributed by atoms with van der Waals surface area (Å²) in [5, 5.41) is 7.35. The first-order valence-electron chi connectivity index (χ1n) is 7.54. The summed E-state index contributed by atoms with van der Waals surface area (Å²) >= 11 is 0. The van der Waals surface area contributed by atoms with E-state index in [0.717, 1.165) is 24.2 Å². The Bertz CT molecular complexity index is 587. The number of hydrogen-bond donors (Lipinski definition) is 1. The molecule has 21 heavy (non-hydrogen) atoms. The largest absolute Gasteiger partial charge is 0.352 e. The third-order valence-corrected chi connectivity index (χ3v) is 3.46. The Morgan fingerprint density at radius 2 is 2.00 bits per heavy atom. The van der Waals surface area contributed by atoms with E-state index in [2.05, 4.69) is 24.3 Å². The van der Waals surface area contributed by atoms with E-state index in [1.165, 1.54) is 0 Å². The van der Waals surface area contributed by atoms with Crippen molar-refractivity contribution in [3.63, 3.8) is 0 Å². The second-order valence-corrected chi connectivity index (χ2v) is 5.54. The zero-order chi connectivity index (χ0) is 15.2. The van der Waals surface area contributed by atoms with E-state index in [1.807, 2.05) is 41.9 Å². The van der Waals surface area contributed by atoms with Crippen molar-refractivity contribution in [2.45, 2.75) is 33.6 Å². The fraction of sp³-hybridized carbons (Fsp3) is 0.412. The maximum atomic E-state index is 12.3. The van der Waals surface area contributed by atoms with E-state index in [9.17, 15) is 4.79 Å². The van der Waals surface area contributed by atoms with Crippen LogP contribution in [0.2, 0.25) is 0 Å². The molecule has 0 aliphatic heterocycles. The lowest BCUT2D eigenvalue weighted by atomic mass is 10.1. The minimum atomic E-state index is -0.0327. The Kier molecular flexibility index (Phi) is 5.14. The van der Waals surface area contributed by atoms with Gasteiger partial charge < -0.3 is 5.32 Å². The molecule has 1 aromatic carbocycles. The third-order valence-electron chi connectivity index (χ3n) is 3.46. The van der Waals surface area contributed by atoms with Gasteiger partial charge in [0.1, 0.15) is 0 Å². The quantitative estimate of drug-likeness (QED) is 0.886. The predicted octanol–water partition coefficient (Wildman–Crippen LogP) is 3.21. The van der Waals surface area contributed by atoms with Crippen molar-refractivity contribution in [1.82, 2.24) is 15.1 Å². The summed E-state index contributed by atoms with van der Waals surface area (Å²) in [6, 6.07) is 9.90. The number of amides is 1. The lowest BCUT2D eigenvalue weighted by molar-refractivity contribution is 0.0951. The molecule has 112 valence electrons. The van der Waals surface area contributed by atoms with E-state index in [1.54, 1.807) is 6.20 Å². The molecule has 1 aromatic heterocycles. The summed E-state index contributed by atoms with van der Waals surface area (Å²) in [7, 11) is 0. The summed E-state index contributed by atoms with van der Waals surface area (Å²) in [6.07, 6.45) is 3.42. The highest BCUT2D eigenvalue weighted by Gasteiger charge is 2.16. The van der Waals surface area contributed by atoms with Gasteiger partial charge in [-0.2, -0.15) is 5.10 Å². The van der Waals surface area contributed by atoms with Crippen LogP contribution in [0.4, 0.5) is 0 Å². The van der Waals surface area contributed by atoms with Gasteiger partial charge >= 0.3 is 0 Å². The van der Waals surface area contributed by atoms with Gasteiger partial charge in [-0.15, -0.1) is 0 Å². The molecule has 0 fully saturated rings. The lowest BCUT2D eigenvalue weighted by Crippen LogP contribution is -2.26. The number of para-hydroxylation sites is 1. The Morgan fingerprint density at radius 3 is 2.62 bits per heavy atom. The van der Waals surface area contributed by atoms with Crippen LogP contribution in [-0.4, -0.2) is 22.2 Å². The summed E-state index contributed by atoms with van der Waals surface area (Å²) in [6.45, 7) is 7.05. The zero-order valence-corrected chi connectivity index (χ0v) is 13.0. The number of nitrogens with one attached hydrogen (secondary N) is 1. The van der Waals surface area contributed by atoms with Gasteiger partial charge in [0.2, 0.25) is 0 Å². The summed E-state index contributed by atoms with van der Waals surface area (Å²) < 4.78 is 1.84. The summed E-state index contributed by atoms with van der Waals surface area (Å²) in [4.78, 5) is 12.3. The molecular weight excluding hydrogens is 262 g/mol. The van der Waals surface area contributed by atoms with Crippen molar-refractivity contribution in [3.05, 3.63) is 47.8 Å². The first-order chi connectivity index (χ1) is 10.1. The van der Waals surface area contributed by atoms with Gasteiger partial charge in [-0.1, -0.05) is 39.0 Å². The number of carbonyl (C=O) groups excluding carboxylic acids is 1. The molecule has 2 aromatic rings. The molecule has 0 saturated heterocycles. The van der Waals surface area contributed by atoms with Crippen LogP contribution in [0.3, 0.4) is 0 Å². The Balaban J connectivity index is 2.18. The maximum absolute atomic E-state index is 12.3. The van der Waals surface area contributed by atoms with Crippen LogP contribution in [0.5, 0.6) is 0 Å². The molecule has 0 aliphatic rings. The topological polar surface area (TPSA) is 46.9 Å². The van der Waals surface area contributed by atoms with Crippen molar-refractivity contribution in [3.8, 4) is 5.69 Å². The average Bonchev–Trinajstić information content (AvgIpc) is 2.91. The van der Waals surface area contributed by atoms with Gasteiger partial charge in [-0.25, -0.2) is 4.68 Å².